The van der Waals surface area contributed by atoms with E-state index in [1.54, 1.807) is 6.92 Å². The van der Waals surface area contributed by atoms with Gasteiger partial charge in [0.1, 0.15) is 0 Å². The molecule has 0 unspecified atom stereocenters. The SMILES string of the molecule is CC.CC.C[C-]=CC=[N-].[Ir+3].[c-]1ccccc1-c1ccc2ccccc2n1.c1ccc2c(c1)c1ccccc1n2-c1ccc(-c2ccc(-n3c4ccccc4c4ccccc43)cc2)cc1. The second kappa shape index (κ2) is 22.8. The second-order valence-electron chi connectivity index (χ2n) is 14.1. The van der Waals surface area contributed by atoms with Gasteiger partial charge in [-0.05, 0) is 76.8 Å². The average Bonchev–Trinajstić information content (AvgIpc) is 3.89. The molecule has 0 amide bonds. The monoisotopic (exact) mass is 1010 g/mol. The van der Waals surface area contributed by atoms with Gasteiger partial charge in [-0.2, -0.15) is 0 Å². The number of allylic oxidation sites excluding steroid dienone is 2. The van der Waals surface area contributed by atoms with Crippen molar-refractivity contribution in [3.05, 3.63) is 230 Å². The summed E-state index contributed by atoms with van der Waals surface area (Å²) in [6.45, 7) is 9.72. The molecule has 0 saturated heterocycles. The molecule has 11 rings (SSSR count). The molecule has 316 valence electrons. The maximum absolute atomic E-state index is 7.82. The summed E-state index contributed by atoms with van der Waals surface area (Å²) >= 11 is 0. The van der Waals surface area contributed by atoms with Crippen LogP contribution in [0.1, 0.15) is 34.6 Å². The summed E-state index contributed by atoms with van der Waals surface area (Å²) in [5.74, 6) is 0. The Balaban J connectivity index is 0.000000217. The Morgan fingerprint density at radius 2 is 0.875 bits per heavy atom. The largest absolute Gasteiger partial charge is 3.00 e. The van der Waals surface area contributed by atoms with E-state index in [0.29, 0.717) is 0 Å². The maximum Gasteiger partial charge on any atom is 3.00 e. The van der Waals surface area contributed by atoms with Crippen molar-refractivity contribution in [2.24, 2.45) is 0 Å². The van der Waals surface area contributed by atoms with Gasteiger partial charge in [0.05, 0.1) is 27.6 Å². The fourth-order valence-corrected chi connectivity index (χ4v) is 7.85. The summed E-state index contributed by atoms with van der Waals surface area (Å²) in [7, 11) is 0. The van der Waals surface area contributed by atoms with Crippen molar-refractivity contribution >= 4 is 60.7 Å². The predicted octanol–water partition coefficient (Wildman–Crippen LogP) is 16.3. The zero-order valence-electron chi connectivity index (χ0n) is 36.9. The first-order valence-electron chi connectivity index (χ1n) is 21.7. The fourth-order valence-electron chi connectivity index (χ4n) is 7.85. The summed E-state index contributed by atoms with van der Waals surface area (Å²) in [6, 6.07) is 75.8. The normalized spacial score (nSPS) is 10.5. The van der Waals surface area contributed by atoms with Gasteiger partial charge < -0.3 is 20.8 Å². The summed E-state index contributed by atoms with van der Waals surface area (Å²) in [5.41, 5.74) is 12.7. The number of aromatic nitrogens is 3. The number of nitrogens with zero attached hydrogens (tertiary/aromatic N) is 4. The van der Waals surface area contributed by atoms with E-state index in [1.807, 2.05) is 76.2 Å². The van der Waals surface area contributed by atoms with E-state index < -0.39 is 0 Å². The summed E-state index contributed by atoms with van der Waals surface area (Å²) in [4.78, 5) is 4.61. The molecule has 5 heteroatoms. The van der Waals surface area contributed by atoms with Gasteiger partial charge in [0.15, 0.2) is 0 Å². The fraction of sp³-hybridized carbons (Fsp3) is 0.0847. The Morgan fingerprint density at radius 1 is 0.469 bits per heavy atom. The Kier molecular flexibility index (Phi) is 16.5. The zero-order valence-corrected chi connectivity index (χ0v) is 39.3. The zero-order chi connectivity index (χ0) is 44.0. The molecule has 0 fully saturated rings. The average molecular weight is 1010 g/mol. The first kappa shape index (κ1) is 46.3. The predicted molar refractivity (Wildman–Crippen MR) is 272 cm³/mol. The summed E-state index contributed by atoms with van der Waals surface area (Å²) in [6.07, 6.45) is 4.96. The molecule has 0 aliphatic rings. The topological polar surface area (TPSA) is 45.0 Å². The molecule has 0 spiro atoms. The molecule has 0 bridgehead atoms. The molecule has 0 saturated carbocycles. The van der Waals surface area contributed by atoms with Crippen molar-refractivity contribution in [2.75, 3.05) is 0 Å². The van der Waals surface area contributed by atoms with Crippen molar-refractivity contribution in [3.63, 3.8) is 0 Å². The van der Waals surface area contributed by atoms with Crippen LogP contribution < -0.4 is 0 Å². The van der Waals surface area contributed by atoms with Crippen LogP contribution in [0.5, 0.6) is 0 Å². The number of fused-ring (bicyclic) bond motifs is 7. The third-order valence-corrected chi connectivity index (χ3v) is 10.6. The van der Waals surface area contributed by atoms with E-state index in [-0.39, 0.29) is 20.1 Å². The summed E-state index contributed by atoms with van der Waals surface area (Å²) < 4.78 is 4.72. The van der Waals surface area contributed by atoms with Crippen LogP contribution in [0.15, 0.2) is 212 Å². The van der Waals surface area contributed by atoms with Gasteiger partial charge in [-0.25, -0.2) is 0 Å². The number of rotatable bonds is 5. The standard InChI is InChI=1S/C36H24N2.C15H10N.C4H5N.2C2H6.Ir/c1-5-13-33-29(9-1)30-10-2-6-14-34(30)37(33)27-21-17-25(18-22-27)26-19-23-28(24-20-26)38-35-15-7-3-11-31(35)32-12-4-8-16-36(32)38;1-2-6-12(7-3-1)15-11-10-13-8-4-5-9-14(13)16-15;1-2-3-4-5;2*1-2;/h1-24H;1-6,8-11H;3-4H,1H3;2*1-2H3;/q;-1;-2;;;+3. The molecule has 4 nitrogen and oxygen atoms in total. The molecule has 3 heterocycles. The van der Waals surface area contributed by atoms with Gasteiger partial charge in [-0.1, -0.05) is 155 Å². The molecule has 3 aromatic heterocycles. The molecule has 8 aromatic carbocycles. The van der Waals surface area contributed by atoms with Crippen LogP contribution in [0.3, 0.4) is 0 Å². The minimum Gasteiger partial charge on any atom is -0.911 e. The van der Waals surface area contributed by atoms with E-state index in [9.17, 15) is 0 Å². The minimum absolute atomic E-state index is 0. The number of hydrogen-bond donors (Lipinski definition) is 0. The molecule has 11 aromatic rings. The molecule has 64 heavy (non-hydrogen) atoms. The Hall–Kier alpha value is -7.17. The number of benzene rings is 8. The van der Waals surface area contributed by atoms with Gasteiger partial charge in [0.2, 0.25) is 0 Å². The van der Waals surface area contributed by atoms with Crippen LogP contribution in [0, 0.1) is 12.1 Å². The Bertz CT molecular complexity index is 2970. The van der Waals surface area contributed by atoms with E-state index in [4.69, 9.17) is 5.41 Å². The van der Waals surface area contributed by atoms with Crippen LogP contribution in [0.2, 0.25) is 0 Å². The quantitative estimate of drug-likeness (QED) is 0.125. The Morgan fingerprint density at radius 3 is 1.27 bits per heavy atom. The van der Waals surface area contributed by atoms with Gasteiger partial charge >= 0.3 is 20.1 Å². The molecular weight excluding hydrogens is 957 g/mol. The van der Waals surface area contributed by atoms with E-state index in [1.165, 1.54) is 77.6 Å². The molecule has 0 aliphatic carbocycles. The molecule has 0 radical (unpaired) electrons. The van der Waals surface area contributed by atoms with Crippen molar-refractivity contribution in [3.8, 4) is 33.8 Å². The van der Waals surface area contributed by atoms with Gasteiger partial charge in [0.25, 0.3) is 0 Å². The van der Waals surface area contributed by atoms with Gasteiger partial charge in [-0.3, -0.25) is 17.1 Å². The summed E-state index contributed by atoms with van der Waals surface area (Å²) in [5, 5.41) is 14.1. The third-order valence-electron chi connectivity index (χ3n) is 10.6. The maximum atomic E-state index is 7.82. The van der Waals surface area contributed by atoms with E-state index >= 15 is 0 Å². The van der Waals surface area contributed by atoms with E-state index in [2.05, 4.69) is 184 Å². The van der Waals surface area contributed by atoms with Gasteiger partial charge in [0, 0.05) is 32.9 Å². The van der Waals surface area contributed by atoms with Crippen LogP contribution in [-0.4, -0.2) is 20.3 Å². The Labute approximate surface area is 391 Å². The van der Waals surface area contributed by atoms with Crippen LogP contribution in [0.4, 0.5) is 0 Å². The molecular formula is C59H51IrN4. The van der Waals surface area contributed by atoms with Crippen molar-refractivity contribution in [1.29, 1.82) is 0 Å². The number of pyridine rings is 1. The van der Waals surface area contributed by atoms with Crippen molar-refractivity contribution < 1.29 is 20.1 Å². The number of para-hydroxylation sites is 5. The van der Waals surface area contributed by atoms with Crippen molar-refractivity contribution in [1.82, 2.24) is 14.1 Å². The first-order valence-corrected chi connectivity index (χ1v) is 21.7. The van der Waals surface area contributed by atoms with Crippen LogP contribution >= 0.6 is 0 Å². The van der Waals surface area contributed by atoms with Crippen LogP contribution in [-0.2, 0) is 20.1 Å². The van der Waals surface area contributed by atoms with Gasteiger partial charge in [-0.15, -0.1) is 42.8 Å². The minimum atomic E-state index is 0. The molecule has 0 atom stereocenters. The number of hydrogen-bond acceptors (Lipinski definition) is 1. The van der Waals surface area contributed by atoms with Crippen LogP contribution in [0.25, 0.3) is 93.7 Å². The smallest absolute Gasteiger partial charge is 0.911 e. The second-order valence-corrected chi connectivity index (χ2v) is 14.1. The van der Waals surface area contributed by atoms with Crippen molar-refractivity contribution in [2.45, 2.75) is 34.6 Å². The molecule has 0 N–H and O–H groups in total. The third kappa shape index (κ3) is 9.88. The molecule has 0 aliphatic heterocycles. The van der Waals surface area contributed by atoms with E-state index in [0.717, 1.165) is 23.0 Å². The first-order chi connectivity index (χ1) is 31.2.